The Morgan fingerprint density at radius 1 is 0.929 bits per heavy atom. The largest absolute Gasteiger partial charge is 0.381 e. The highest BCUT2D eigenvalue weighted by Gasteiger charge is 2.13. The Morgan fingerprint density at radius 2 is 1.64 bits per heavy atom. The fourth-order valence-corrected chi connectivity index (χ4v) is 3.34. The summed E-state index contributed by atoms with van der Waals surface area (Å²) in [5.74, 6) is -0.293. The van der Waals surface area contributed by atoms with Gasteiger partial charge in [-0.1, -0.05) is 59.8 Å². The van der Waals surface area contributed by atoms with Crippen molar-refractivity contribution in [2.24, 2.45) is 5.73 Å². The molecule has 0 aliphatic rings. The number of primary amides is 1. The second-order valence-electron chi connectivity index (χ2n) is 6.66. The van der Waals surface area contributed by atoms with E-state index in [9.17, 15) is 4.79 Å². The summed E-state index contributed by atoms with van der Waals surface area (Å²) in [5.41, 5.74) is 11.1. The predicted octanol–water partition coefficient (Wildman–Crippen LogP) is 4.52. The number of hydrogen-bond acceptors (Lipinski definition) is 4. The second-order valence-corrected chi connectivity index (χ2v) is 6.66. The lowest BCUT2D eigenvalue weighted by Crippen LogP contribution is -2.12. The van der Waals surface area contributed by atoms with Gasteiger partial charge in [0.1, 0.15) is 5.69 Å². The summed E-state index contributed by atoms with van der Waals surface area (Å²) in [6.45, 7) is 0.630. The number of anilines is 1. The number of nitrogens with one attached hydrogen (secondary N) is 1. The second kappa shape index (κ2) is 7.96. The molecule has 3 aromatic carbocycles. The van der Waals surface area contributed by atoms with Gasteiger partial charge < -0.3 is 15.6 Å². The summed E-state index contributed by atoms with van der Waals surface area (Å²) in [6, 6.07) is 24.0. The van der Waals surface area contributed by atoms with E-state index in [4.69, 9.17) is 10.3 Å². The maximum Gasteiger partial charge on any atom is 0.217 e. The first kappa shape index (κ1) is 17.8. The Balaban J connectivity index is 1.60. The van der Waals surface area contributed by atoms with Crippen LogP contribution in [0.3, 0.4) is 0 Å². The lowest BCUT2D eigenvalue weighted by molar-refractivity contribution is -0.117. The Bertz CT molecular complexity index is 1120. The summed E-state index contributed by atoms with van der Waals surface area (Å²) in [4.78, 5) is 11.1. The molecule has 5 heteroatoms. The van der Waals surface area contributed by atoms with Crippen molar-refractivity contribution in [3.63, 3.8) is 0 Å². The number of aromatic nitrogens is 1. The van der Waals surface area contributed by atoms with Crippen molar-refractivity contribution >= 4 is 22.6 Å². The van der Waals surface area contributed by atoms with E-state index < -0.39 is 0 Å². The molecule has 4 aromatic rings. The number of hydrogen-bond donors (Lipinski definition) is 2. The summed E-state index contributed by atoms with van der Waals surface area (Å²) in [5, 5.41) is 8.78. The fourth-order valence-electron chi connectivity index (χ4n) is 3.34. The first-order valence-corrected chi connectivity index (χ1v) is 9.25. The van der Waals surface area contributed by atoms with E-state index in [1.54, 1.807) is 0 Å². The molecule has 28 heavy (non-hydrogen) atoms. The minimum atomic E-state index is -0.293. The highest BCUT2D eigenvalue weighted by atomic mass is 16.5. The van der Waals surface area contributed by atoms with Crippen LogP contribution in [-0.4, -0.2) is 11.1 Å². The van der Waals surface area contributed by atoms with Crippen LogP contribution in [-0.2, 0) is 17.8 Å². The number of rotatable bonds is 7. The molecule has 3 N–H and O–H groups in total. The highest BCUT2D eigenvalue weighted by Crippen LogP contribution is 2.30. The van der Waals surface area contributed by atoms with Crippen molar-refractivity contribution in [1.29, 1.82) is 0 Å². The third-order valence-electron chi connectivity index (χ3n) is 4.78. The zero-order valence-corrected chi connectivity index (χ0v) is 15.4. The van der Waals surface area contributed by atoms with Gasteiger partial charge in [-0.2, -0.15) is 0 Å². The van der Waals surface area contributed by atoms with Crippen LogP contribution in [0.1, 0.15) is 17.5 Å². The smallest absolute Gasteiger partial charge is 0.217 e. The molecule has 4 rings (SSSR count). The summed E-state index contributed by atoms with van der Waals surface area (Å²) in [6.07, 6.45) is 0.953. The Labute approximate surface area is 163 Å². The van der Waals surface area contributed by atoms with Gasteiger partial charge in [0.05, 0.1) is 0 Å². The van der Waals surface area contributed by atoms with Crippen LogP contribution in [0, 0.1) is 0 Å². The predicted molar refractivity (Wildman–Crippen MR) is 111 cm³/mol. The molecule has 0 radical (unpaired) electrons. The molecular formula is C23H21N3O2. The van der Waals surface area contributed by atoms with E-state index in [1.807, 2.05) is 60.7 Å². The van der Waals surface area contributed by atoms with Gasteiger partial charge in [0.15, 0.2) is 5.58 Å². The third kappa shape index (κ3) is 3.74. The first-order valence-electron chi connectivity index (χ1n) is 9.25. The Morgan fingerprint density at radius 3 is 2.50 bits per heavy atom. The number of carbonyl (C=O) groups excluding carboxylic acids is 1. The molecule has 0 unspecified atom stereocenters. The lowest BCUT2D eigenvalue weighted by atomic mass is 10.0. The minimum absolute atomic E-state index is 0.293. The average molecular weight is 371 g/mol. The molecule has 0 spiro atoms. The molecule has 0 atom stereocenters. The summed E-state index contributed by atoms with van der Waals surface area (Å²) >= 11 is 0. The molecule has 0 aliphatic carbocycles. The zero-order valence-electron chi connectivity index (χ0n) is 15.4. The molecule has 140 valence electrons. The van der Waals surface area contributed by atoms with Crippen molar-refractivity contribution in [2.75, 3.05) is 5.32 Å². The van der Waals surface area contributed by atoms with Crippen LogP contribution in [0.25, 0.3) is 22.2 Å². The van der Waals surface area contributed by atoms with Gasteiger partial charge in [0.25, 0.3) is 0 Å². The van der Waals surface area contributed by atoms with Gasteiger partial charge in [-0.25, -0.2) is 0 Å². The van der Waals surface area contributed by atoms with Crippen molar-refractivity contribution in [3.8, 4) is 11.3 Å². The first-order chi connectivity index (χ1) is 13.7. The topological polar surface area (TPSA) is 81.2 Å². The van der Waals surface area contributed by atoms with Crippen LogP contribution in [0.4, 0.5) is 5.69 Å². The van der Waals surface area contributed by atoms with Crippen LogP contribution in [0.15, 0.2) is 77.3 Å². The Kier molecular flexibility index (Phi) is 5.06. The van der Waals surface area contributed by atoms with E-state index in [0.717, 1.165) is 39.0 Å². The average Bonchev–Trinajstić information content (AvgIpc) is 3.15. The van der Waals surface area contributed by atoms with Crippen LogP contribution < -0.4 is 11.1 Å². The van der Waals surface area contributed by atoms with Gasteiger partial charge in [0, 0.05) is 29.6 Å². The van der Waals surface area contributed by atoms with Crippen molar-refractivity contribution in [2.45, 2.75) is 19.4 Å². The standard InChI is InChI=1S/C23H21N3O2/c24-22(27)14-13-16-7-2-5-11-20(16)25-15-17-8-1-3-9-18(17)23-19-10-4-6-12-21(19)28-26-23/h1-12,25H,13-15H2,(H2,24,27). The number of benzene rings is 3. The van der Waals surface area contributed by atoms with Gasteiger partial charge in [-0.15, -0.1) is 0 Å². The van der Waals surface area contributed by atoms with E-state index in [0.29, 0.717) is 19.4 Å². The number of para-hydroxylation sites is 2. The lowest BCUT2D eigenvalue weighted by Gasteiger charge is -2.13. The summed E-state index contributed by atoms with van der Waals surface area (Å²) < 4.78 is 5.48. The molecule has 0 aliphatic heterocycles. The fraction of sp³-hybridized carbons (Fsp3) is 0.130. The number of fused-ring (bicyclic) bond motifs is 1. The molecule has 0 saturated carbocycles. The van der Waals surface area contributed by atoms with E-state index >= 15 is 0 Å². The summed E-state index contributed by atoms with van der Waals surface area (Å²) in [7, 11) is 0. The number of nitrogens with two attached hydrogens (primary N) is 1. The third-order valence-corrected chi connectivity index (χ3v) is 4.78. The van der Waals surface area contributed by atoms with E-state index in [1.165, 1.54) is 0 Å². The van der Waals surface area contributed by atoms with Crippen LogP contribution >= 0.6 is 0 Å². The van der Waals surface area contributed by atoms with Crippen molar-refractivity contribution in [1.82, 2.24) is 5.16 Å². The molecule has 1 heterocycles. The van der Waals surface area contributed by atoms with E-state index in [2.05, 4.69) is 22.6 Å². The van der Waals surface area contributed by atoms with Gasteiger partial charge >= 0.3 is 0 Å². The number of nitrogens with zero attached hydrogens (tertiary/aromatic N) is 1. The maximum atomic E-state index is 11.1. The molecule has 1 amide bonds. The van der Waals surface area contributed by atoms with Crippen LogP contribution in [0.2, 0.25) is 0 Å². The molecule has 0 saturated heterocycles. The molecule has 0 fully saturated rings. The van der Waals surface area contributed by atoms with Gasteiger partial charge in [-0.3, -0.25) is 4.79 Å². The quantitative estimate of drug-likeness (QED) is 0.500. The number of amides is 1. The molecule has 5 nitrogen and oxygen atoms in total. The molecular weight excluding hydrogens is 350 g/mol. The number of aryl methyl sites for hydroxylation is 1. The highest BCUT2D eigenvalue weighted by molar-refractivity contribution is 5.92. The van der Waals surface area contributed by atoms with Crippen molar-refractivity contribution in [3.05, 3.63) is 83.9 Å². The van der Waals surface area contributed by atoms with Crippen molar-refractivity contribution < 1.29 is 9.32 Å². The zero-order chi connectivity index (χ0) is 19.3. The minimum Gasteiger partial charge on any atom is -0.381 e. The molecule has 1 aromatic heterocycles. The maximum absolute atomic E-state index is 11.1. The van der Waals surface area contributed by atoms with Gasteiger partial charge in [0.2, 0.25) is 5.91 Å². The van der Waals surface area contributed by atoms with E-state index in [-0.39, 0.29) is 5.91 Å². The Hall–Kier alpha value is -3.60. The normalized spacial score (nSPS) is 10.9. The van der Waals surface area contributed by atoms with Crippen LogP contribution in [0.5, 0.6) is 0 Å². The number of carbonyl (C=O) groups is 1. The molecule has 0 bridgehead atoms. The van der Waals surface area contributed by atoms with Gasteiger partial charge in [-0.05, 0) is 35.7 Å². The SMILES string of the molecule is NC(=O)CCc1ccccc1NCc1ccccc1-c1noc2ccccc12. The monoisotopic (exact) mass is 371 g/mol.